The van der Waals surface area contributed by atoms with Gasteiger partial charge in [0.15, 0.2) is 0 Å². The second-order valence-corrected chi connectivity index (χ2v) is 11.4. The molecule has 0 aromatic heterocycles. The van der Waals surface area contributed by atoms with Gasteiger partial charge < -0.3 is 4.74 Å². The summed E-state index contributed by atoms with van der Waals surface area (Å²) in [7, 11) is 0. The van der Waals surface area contributed by atoms with Crippen molar-refractivity contribution in [3.05, 3.63) is 54.1 Å². The van der Waals surface area contributed by atoms with E-state index in [1.54, 1.807) is 0 Å². The van der Waals surface area contributed by atoms with Gasteiger partial charge in [0.1, 0.15) is 18.5 Å². The minimum atomic E-state index is -0.928. The molecule has 3 heteroatoms. The maximum Gasteiger partial charge on any atom is 0.136 e. The van der Waals surface area contributed by atoms with Crippen LogP contribution in [0.1, 0.15) is 116 Å². The number of halogens is 1. The Labute approximate surface area is 225 Å². The SMILES string of the molecule is CCCCCCCC1(C#N)CCC(c2ccc(-c3ccc(OCC(F)C(C)CCCC)cc3)cc2)CC1. The van der Waals surface area contributed by atoms with Crippen LogP contribution in [-0.4, -0.2) is 12.8 Å². The lowest BCUT2D eigenvalue weighted by Gasteiger charge is -2.35. The highest BCUT2D eigenvalue weighted by Gasteiger charge is 2.35. The summed E-state index contributed by atoms with van der Waals surface area (Å²) in [4.78, 5) is 0. The third-order valence-electron chi connectivity index (χ3n) is 8.55. The van der Waals surface area contributed by atoms with E-state index in [4.69, 9.17) is 4.74 Å². The van der Waals surface area contributed by atoms with Gasteiger partial charge in [0.2, 0.25) is 0 Å². The predicted molar refractivity (Wildman–Crippen MR) is 154 cm³/mol. The van der Waals surface area contributed by atoms with Crippen LogP contribution in [0.25, 0.3) is 11.1 Å². The lowest BCUT2D eigenvalue weighted by Crippen LogP contribution is -2.25. The molecule has 37 heavy (non-hydrogen) atoms. The number of hydrogen-bond acceptors (Lipinski definition) is 2. The van der Waals surface area contributed by atoms with Crippen LogP contribution in [0.2, 0.25) is 0 Å². The van der Waals surface area contributed by atoms with Crippen molar-refractivity contribution in [2.45, 2.75) is 116 Å². The zero-order valence-corrected chi connectivity index (χ0v) is 23.5. The number of ether oxygens (including phenoxy) is 1. The maximum absolute atomic E-state index is 14.4. The van der Waals surface area contributed by atoms with Crippen LogP contribution >= 0.6 is 0 Å². The van der Waals surface area contributed by atoms with Crippen LogP contribution < -0.4 is 4.74 Å². The number of alkyl halides is 1. The molecule has 2 aromatic carbocycles. The topological polar surface area (TPSA) is 33.0 Å². The van der Waals surface area contributed by atoms with E-state index in [-0.39, 0.29) is 17.9 Å². The zero-order valence-electron chi connectivity index (χ0n) is 23.5. The largest absolute Gasteiger partial charge is 0.491 e. The summed E-state index contributed by atoms with van der Waals surface area (Å²) >= 11 is 0. The van der Waals surface area contributed by atoms with Gasteiger partial charge in [-0.25, -0.2) is 4.39 Å². The molecule has 0 aliphatic heterocycles. The van der Waals surface area contributed by atoms with Gasteiger partial charge in [-0.15, -0.1) is 0 Å². The van der Waals surface area contributed by atoms with E-state index in [1.807, 2.05) is 19.1 Å². The number of unbranched alkanes of at least 4 members (excludes halogenated alkanes) is 5. The smallest absolute Gasteiger partial charge is 0.136 e. The van der Waals surface area contributed by atoms with E-state index in [1.165, 1.54) is 43.2 Å². The maximum atomic E-state index is 14.4. The van der Waals surface area contributed by atoms with Crippen molar-refractivity contribution in [1.29, 1.82) is 5.26 Å². The molecule has 0 spiro atoms. The molecule has 0 bridgehead atoms. The van der Waals surface area contributed by atoms with Crippen LogP contribution in [0, 0.1) is 22.7 Å². The lowest BCUT2D eigenvalue weighted by molar-refractivity contribution is 0.142. The minimum absolute atomic E-state index is 0.0359. The molecule has 2 nitrogen and oxygen atoms in total. The number of benzene rings is 2. The third kappa shape index (κ3) is 8.87. The average molecular weight is 506 g/mol. The van der Waals surface area contributed by atoms with Gasteiger partial charge in [-0.1, -0.05) is 102 Å². The summed E-state index contributed by atoms with van der Waals surface area (Å²) in [6.45, 7) is 6.47. The second kappa shape index (κ2) is 15.2. The molecule has 0 saturated heterocycles. The van der Waals surface area contributed by atoms with E-state index in [2.05, 4.69) is 56.3 Å². The van der Waals surface area contributed by atoms with Gasteiger partial charge in [0.25, 0.3) is 0 Å². The standard InChI is InChI=1S/C34H48FNO/c1-4-6-8-9-10-22-34(26-36)23-20-31(21-24-34)29-14-12-28(13-15-29)30-16-18-32(19-17-30)37-25-33(35)27(3)11-7-5-2/h12-19,27,31,33H,4-11,20-25H2,1-3H3. The predicted octanol–water partition coefficient (Wildman–Crippen LogP) is 10.4. The molecule has 0 N–H and O–H groups in total. The Bertz CT molecular complexity index is 937. The Morgan fingerprint density at radius 2 is 1.49 bits per heavy atom. The van der Waals surface area contributed by atoms with E-state index in [0.29, 0.717) is 5.92 Å². The van der Waals surface area contributed by atoms with Crippen molar-refractivity contribution in [2.75, 3.05) is 6.61 Å². The van der Waals surface area contributed by atoms with Crippen LogP contribution in [0.3, 0.4) is 0 Å². The average Bonchev–Trinajstić information content (AvgIpc) is 2.95. The van der Waals surface area contributed by atoms with E-state index in [9.17, 15) is 9.65 Å². The Morgan fingerprint density at radius 3 is 2.08 bits per heavy atom. The molecule has 0 radical (unpaired) electrons. The van der Waals surface area contributed by atoms with Crippen LogP contribution in [-0.2, 0) is 0 Å². The quantitative estimate of drug-likeness (QED) is 0.225. The fourth-order valence-electron chi connectivity index (χ4n) is 5.73. The third-order valence-corrected chi connectivity index (χ3v) is 8.55. The van der Waals surface area contributed by atoms with Crippen molar-refractivity contribution in [3.63, 3.8) is 0 Å². The summed E-state index contributed by atoms with van der Waals surface area (Å²) < 4.78 is 20.1. The van der Waals surface area contributed by atoms with E-state index >= 15 is 0 Å². The molecule has 2 atom stereocenters. The van der Waals surface area contributed by atoms with Crippen molar-refractivity contribution in [2.24, 2.45) is 11.3 Å². The molecule has 2 aromatic rings. The first-order valence-corrected chi connectivity index (χ1v) is 14.9. The van der Waals surface area contributed by atoms with Gasteiger partial charge in [-0.2, -0.15) is 5.26 Å². The Balaban J connectivity index is 1.48. The Kier molecular flexibility index (Phi) is 12.0. The molecular formula is C34H48FNO. The van der Waals surface area contributed by atoms with Gasteiger partial charge in [-0.05, 0) is 79.2 Å². The number of nitriles is 1. The highest BCUT2D eigenvalue weighted by atomic mass is 19.1. The van der Waals surface area contributed by atoms with Crippen LogP contribution in [0.15, 0.2) is 48.5 Å². The molecule has 202 valence electrons. The fraction of sp³-hybridized carbons (Fsp3) is 0.618. The Morgan fingerprint density at radius 1 is 0.892 bits per heavy atom. The van der Waals surface area contributed by atoms with Gasteiger partial charge >= 0.3 is 0 Å². The molecule has 1 aliphatic carbocycles. The normalized spacial score (nSPS) is 21.2. The van der Waals surface area contributed by atoms with Gasteiger partial charge in [0, 0.05) is 0 Å². The minimum Gasteiger partial charge on any atom is -0.491 e. The molecular weight excluding hydrogens is 457 g/mol. The molecule has 1 saturated carbocycles. The fourth-order valence-corrected chi connectivity index (χ4v) is 5.73. The van der Waals surface area contributed by atoms with Crippen molar-refractivity contribution < 1.29 is 9.13 Å². The first-order chi connectivity index (χ1) is 18.0. The number of nitrogens with zero attached hydrogens (tertiary/aromatic N) is 1. The highest BCUT2D eigenvalue weighted by molar-refractivity contribution is 5.64. The van der Waals surface area contributed by atoms with Gasteiger partial charge in [0.05, 0.1) is 11.5 Å². The van der Waals surface area contributed by atoms with Crippen LogP contribution in [0.4, 0.5) is 4.39 Å². The summed E-state index contributed by atoms with van der Waals surface area (Å²) in [5, 5.41) is 9.92. The molecule has 1 fully saturated rings. The first-order valence-electron chi connectivity index (χ1n) is 14.9. The van der Waals surface area contributed by atoms with E-state index in [0.717, 1.165) is 62.7 Å². The monoisotopic (exact) mass is 505 g/mol. The number of hydrogen-bond donors (Lipinski definition) is 0. The summed E-state index contributed by atoms with van der Waals surface area (Å²) in [6.07, 6.45) is 13.9. The molecule has 2 unspecified atom stereocenters. The lowest BCUT2D eigenvalue weighted by atomic mass is 9.67. The highest BCUT2D eigenvalue weighted by Crippen LogP contribution is 2.46. The number of rotatable bonds is 15. The zero-order chi connectivity index (χ0) is 26.5. The molecule has 3 rings (SSSR count). The van der Waals surface area contributed by atoms with Crippen LogP contribution in [0.5, 0.6) is 5.75 Å². The molecule has 1 aliphatic rings. The van der Waals surface area contributed by atoms with Crippen molar-refractivity contribution in [3.8, 4) is 22.9 Å². The summed E-state index contributed by atoms with van der Waals surface area (Å²) in [6, 6.07) is 19.6. The Hall–Kier alpha value is -2.34. The summed E-state index contributed by atoms with van der Waals surface area (Å²) in [5.41, 5.74) is 3.62. The van der Waals surface area contributed by atoms with Crippen molar-refractivity contribution >= 4 is 0 Å². The first kappa shape index (κ1) is 29.2. The van der Waals surface area contributed by atoms with E-state index < -0.39 is 6.17 Å². The van der Waals surface area contributed by atoms with Crippen molar-refractivity contribution in [1.82, 2.24) is 0 Å². The van der Waals surface area contributed by atoms with Gasteiger partial charge in [-0.3, -0.25) is 0 Å². The summed E-state index contributed by atoms with van der Waals surface area (Å²) in [5.74, 6) is 1.31. The molecule has 0 heterocycles. The molecule has 0 amide bonds. The second-order valence-electron chi connectivity index (χ2n) is 11.4.